The predicted molar refractivity (Wildman–Crippen MR) is 62.7 cm³/mol. The molecule has 2 nitrogen and oxygen atoms in total. The van der Waals surface area contributed by atoms with E-state index < -0.39 is 0 Å². The van der Waals surface area contributed by atoms with E-state index in [-0.39, 0.29) is 10.7 Å². The van der Waals surface area contributed by atoms with E-state index in [1.165, 1.54) is 0 Å². The second-order valence-electron chi connectivity index (χ2n) is 3.53. The van der Waals surface area contributed by atoms with Crippen LogP contribution in [0.15, 0.2) is 30.3 Å². The van der Waals surface area contributed by atoms with E-state index in [0.717, 1.165) is 5.69 Å². The maximum Gasteiger partial charge on any atom is 0.240 e. The zero-order chi connectivity index (χ0) is 10.6. The minimum Gasteiger partial charge on any atom is -0.325 e. The van der Waals surface area contributed by atoms with Gasteiger partial charge in [-0.1, -0.05) is 18.2 Å². The topological polar surface area (TPSA) is 29.1 Å². The monoisotopic (exact) mass is 209 g/mol. The number of thioether (sulfide) groups is 1. The minimum atomic E-state index is -0.379. The molecule has 0 aliphatic carbocycles. The molecule has 1 rings (SSSR count). The third kappa shape index (κ3) is 2.77. The first-order chi connectivity index (χ1) is 6.56. The van der Waals surface area contributed by atoms with Crippen LogP contribution in [0, 0.1) is 0 Å². The highest BCUT2D eigenvalue weighted by atomic mass is 32.2. The van der Waals surface area contributed by atoms with Crippen LogP contribution in [-0.4, -0.2) is 16.9 Å². The van der Waals surface area contributed by atoms with E-state index in [0.29, 0.717) is 0 Å². The van der Waals surface area contributed by atoms with Crippen molar-refractivity contribution in [2.24, 2.45) is 0 Å². The van der Waals surface area contributed by atoms with Crippen LogP contribution in [0.2, 0.25) is 0 Å². The van der Waals surface area contributed by atoms with Crippen molar-refractivity contribution in [3.05, 3.63) is 30.3 Å². The van der Waals surface area contributed by atoms with Gasteiger partial charge in [0, 0.05) is 5.69 Å². The highest BCUT2D eigenvalue weighted by molar-refractivity contribution is 8.00. The summed E-state index contributed by atoms with van der Waals surface area (Å²) in [5.74, 6) is 0.0381. The first kappa shape index (κ1) is 11.1. The molecule has 76 valence electrons. The largest absolute Gasteiger partial charge is 0.325 e. The molecule has 0 aromatic heterocycles. The average Bonchev–Trinajstić information content (AvgIpc) is 2.19. The van der Waals surface area contributed by atoms with E-state index in [9.17, 15) is 4.79 Å². The molecular weight excluding hydrogens is 194 g/mol. The van der Waals surface area contributed by atoms with Crippen LogP contribution in [0.4, 0.5) is 5.69 Å². The maximum atomic E-state index is 11.7. The molecule has 0 radical (unpaired) electrons. The number of carbonyl (C=O) groups excluding carboxylic acids is 1. The minimum absolute atomic E-state index is 0.0381. The lowest BCUT2D eigenvalue weighted by molar-refractivity contribution is -0.117. The third-order valence-corrected chi connectivity index (χ3v) is 3.29. The Morgan fingerprint density at radius 1 is 1.29 bits per heavy atom. The molecule has 1 N–H and O–H groups in total. The highest BCUT2D eigenvalue weighted by Crippen LogP contribution is 2.22. The smallest absolute Gasteiger partial charge is 0.240 e. The summed E-state index contributed by atoms with van der Waals surface area (Å²) in [4.78, 5) is 11.7. The van der Waals surface area contributed by atoms with Crippen molar-refractivity contribution in [1.82, 2.24) is 0 Å². The number of para-hydroxylation sites is 1. The summed E-state index contributed by atoms with van der Waals surface area (Å²) >= 11 is 1.54. The fourth-order valence-corrected chi connectivity index (χ4v) is 1.13. The first-order valence-corrected chi connectivity index (χ1v) is 5.70. The van der Waals surface area contributed by atoms with Crippen molar-refractivity contribution in [3.8, 4) is 0 Å². The second-order valence-corrected chi connectivity index (χ2v) is 4.96. The zero-order valence-corrected chi connectivity index (χ0v) is 9.52. The Labute approximate surface area is 89.1 Å². The fourth-order valence-electron chi connectivity index (χ4n) is 0.896. The number of nitrogens with one attached hydrogen (secondary N) is 1. The first-order valence-electron chi connectivity index (χ1n) is 4.48. The molecule has 14 heavy (non-hydrogen) atoms. The molecule has 0 spiro atoms. The highest BCUT2D eigenvalue weighted by Gasteiger charge is 2.25. The van der Waals surface area contributed by atoms with Gasteiger partial charge in [-0.3, -0.25) is 4.79 Å². The Balaban J connectivity index is 2.67. The summed E-state index contributed by atoms with van der Waals surface area (Å²) in [6.45, 7) is 3.83. The number of benzene rings is 1. The molecule has 0 bridgehead atoms. The molecule has 3 heteroatoms. The Hall–Kier alpha value is -0.960. The molecule has 0 fully saturated rings. The van der Waals surface area contributed by atoms with Crippen molar-refractivity contribution < 1.29 is 4.79 Å². The molecule has 0 heterocycles. The third-order valence-electron chi connectivity index (χ3n) is 2.09. The van der Waals surface area contributed by atoms with Crippen LogP contribution in [0.5, 0.6) is 0 Å². The zero-order valence-electron chi connectivity index (χ0n) is 8.70. The standard InChI is InChI=1S/C11H15NOS/c1-11(2,14-3)10(13)12-9-7-5-4-6-8-9/h4-8H,1-3H3,(H,12,13). The second kappa shape index (κ2) is 4.51. The lowest BCUT2D eigenvalue weighted by Crippen LogP contribution is -2.33. The van der Waals surface area contributed by atoms with Gasteiger partial charge in [-0.05, 0) is 32.2 Å². The molecule has 1 amide bonds. The normalized spacial score (nSPS) is 11.1. The SMILES string of the molecule is CSC(C)(C)C(=O)Nc1ccccc1. The summed E-state index contributed by atoms with van der Waals surface area (Å²) in [6.07, 6.45) is 1.94. The van der Waals surface area contributed by atoms with Crippen LogP contribution in [0.25, 0.3) is 0 Å². The van der Waals surface area contributed by atoms with Crippen LogP contribution in [-0.2, 0) is 4.79 Å². The van der Waals surface area contributed by atoms with Crippen molar-refractivity contribution in [2.45, 2.75) is 18.6 Å². The van der Waals surface area contributed by atoms with Gasteiger partial charge in [-0.25, -0.2) is 0 Å². The molecule has 1 aromatic carbocycles. The molecule has 0 saturated carbocycles. The van der Waals surface area contributed by atoms with Gasteiger partial charge in [-0.2, -0.15) is 0 Å². The fraction of sp³-hybridized carbons (Fsp3) is 0.364. The Morgan fingerprint density at radius 2 is 1.86 bits per heavy atom. The molecule has 0 saturated heterocycles. The Bertz CT molecular complexity index is 308. The van der Waals surface area contributed by atoms with E-state index in [4.69, 9.17) is 0 Å². The van der Waals surface area contributed by atoms with Crippen molar-refractivity contribution >= 4 is 23.4 Å². The predicted octanol–water partition coefficient (Wildman–Crippen LogP) is 2.77. The van der Waals surface area contributed by atoms with Crippen molar-refractivity contribution in [1.29, 1.82) is 0 Å². The lowest BCUT2D eigenvalue weighted by atomic mass is 10.2. The van der Waals surface area contributed by atoms with Gasteiger partial charge in [0.25, 0.3) is 0 Å². The maximum absolute atomic E-state index is 11.7. The summed E-state index contributed by atoms with van der Waals surface area (Å²) in [6, 6.07) is 9.50. The number of hydrogen-bond donors (Lipinski definition) is 1. The summed E-state index contributed by atoms with van der Waals surface area (Å²) < 4.78 is -0.379. The molecular formula is C11H15NOS. The number of hydrogen-bond acceptors (Lipinski definition) is 2. The van der Waals surface area contributed by atoms with E-state index in [1.807, 2.05) is 50.4 Å². The quantitative estimate of drug-likeness (QED) is 0.829. The number of amides is 1. The van der Waals surface area contributed by atoms with Gasteiger partial charge >= 0.3 is 0 Å². The summed E-state index contributed by atoms with van der Waals surface area (Å²) in [7, 11) is 0. The molecule has 0 atom stereocenters. The van der Waals surface area contributed by atoms with Crippen molar-refractivity contribution in [3.63, 3.8) is 0 Å². The molecule has 0 aliphatic rings. The lowest BCUT2D eigenvalue weighted by Gasteiger charge is -2.20. The van der Waals surface area contributed by atoms with Gasteiger partial charge in [0.1, 0.15) is 0 Å². The Morgan fingerprint density at radius 3 is 2.36 bits per heavy atom. The van der Waals surface area contributed by atoms with Gasteiger partial charge in [-0.15, -0.1) is 11.8 Å². The number of rotatable bonds is 3. The summed E-state index contributed by atoms with van der Waals surface area (Å²) in [5.41, 5.74) is 0.847. The van der Waals surface area contributed by atoms with Crippen molar-refractivity contribution in [2.75, 3.05) is 11.6 Å². The van der Waals surface area contributed by atoms with E-state index in [2.05, 4.69) is 5.32 Å². The van der Waals surface area contributed by atoms with Gasteiger partial charge in [0.2, 0.25) is 5.91 Å². The number of carbonyl (C=O) groups is 1. The van der Waals surface area contributed by atoms with Gasteiger partial charge in [0.15, 0.2) is 0 Å². The molecule has 0 aliphatic heterocycles. The van der Waals surface area contributed by atoms with E-state index >= 15 is 0 Å². The summed E-state index contributed by atoms with van der Waals surface area (Å²) in [5, 5.41) is 2.87. The average molecular weight is 209 g/mol. The number of anilines is 1. The molecule has 1 aromatic rings. The van der Waals surface area contributed by atoms with Crippen LogP contribution in [0.1, 0.15) is 13.8 Å². The van der Waals surface area contributed by atoms with Gasteiger partial charge < -0.3 is 5.32 Å². The van der Waals surface area contributed by atoms with Crippen LogP contribution in [0.3, 0.4) is 0 Å². The van der Waals surface area contributed by atoms with Crippen LogP contribution < -0.4 is 5.32 Å². The Kier molecular flexibility index (Phi) is 3.58. The van der Waals surface area contributed by atoms with Crippen LogP contribution >= 0.6 is 11.8 Å². The molecule has 0 unspecified atom stereocenters. The van der Waals surface area contributed by atoms with Gasteiger partial charge in [0.05, 0.1) is 4.75 Å². The van der Waals surface area contributed by atoms with E-state index in [1.54, 1.807) is 11.8 Å².